The van der Waals surface area contributed by atoms with Gasteiger partial charge in [0.1, 0.15) is 0 Å². The molecule has 1 aromatic carbocycles. The lowest BCUT2D eigenvalue weighted by molar-refractivity contribution is -0.137. The van der Waals surface area contributed by atoms with Gasteiger partial charge in [-0.25, -0.2) is 0 Å². The summed E-state index contributed by atoms with van der Waals surface area (Å²) in [5.74, 6) is 0.457. The van der Waals surface area contributed by atoms with Gasteiger partial charge in [-0.15, -0.1) is 11.3 Å². The van der Waals surface area contributed by atoms with Crippen LogP contribution in [0.1, 0.15) is 42.0 Å². The van der Waals surface area contributed by atoms with Gasteiger partial charge in [-0.1, -0.05) is 0 Å². The van der Waals surface area contributed by atoms with E-state index in [4.69, 9.17) is 0 Å². The number of carbonyl (C=O) groups excluding carboxylic acids is 1. The van der Waals surface area contributed by atoms with Crippen molar-refractivity contribution in [3.8, 4) is 0 Å². The molecule has 0 bridgehead atoms. The minimum atomic E-state index is -4.44. The third kappa shape index (κ3) is 5.02. The van der Waals surface area contributed by atoms with Gasteiger partial charge in [-0.2, -0.15) is 13.2 Å². The number of pyridine rings is 1. The first kappa shape index (κ1) is 23.0. The summed E-state index contributed by atoms with van der Waals surface area (Å²) in [6.07, 6.45) is 3.77. The number of anilines is 1. The molecule has 34 heavy (non-hydrogen) atoms. The molecule has 3 aromatic rings. The Labute approximate surface area is 199 Å². The van der Waals surface area contributed by atoms with Crippen LogP contribution in [0.4, 0.5) is 18.9 Å². The summed E-state index contributed by atoms with van der Waals surface area (Å²) in [5.41, 5.74) is 2.06. The first-order valence-corrected chi connectivity index (χ1v) is 12.4. The molecule has 10 heteroatoms. The zero-order chi connectivity index (χ0) is 23.7. The standard InChI is InChI=1S/C24H26F3N5OS/c25-24(26,27)16-3-6-20-19(9-16)21(7-8-29-20)30-11-23(33)31-17-12-32(13-17)18-4-1-15(2-5-18)22-10-28-14-34-22/h3,6-10,14-15,17-18H,1-2,4-5,11-13H2,(H,29,30)(H,31,33). The van der Waals surface area contributed by atoms with Crippen LogP contribution in [0.3, 0.4) is 0 Å². The molecule has 0 unspecified atom stereocenters. The number of nitrogens with zero attached hydrogens (tertiary/aromatic N) is 3. The van der Waals surface area contributed by atoms with Gasteiger partial charge in [-0.05, 0) is 55.9 Å². The molecule has 5 rings (SSSR count). The fraction of sp³-hybridized carbons (Fsp3) is 0.458. The summed E-state index contributed by atoms with van der Waals surface area (Å²) in [6, 6.07) is 5.69. The Morgan fingerprint density at radius 2 is 1.94 bits per heavy atom. The Morgan fingerprint density at radius 1 is 1.15 bits per heavy atom. The first-order valence-electron chi connectivity index (χ1n) is 11.5. The number of alkyl halides is 3. The number of hydrogen-bond donors (Lipinski definition) is 2. The molecule has 2 aliphatic rings. The Bertz CT molecular complexity index is 1140. The molecule has 1 saturated carbocycles. The van der Waals surface area contributed by atoms with E-state index in [1.165, 1.54) is 42.8 Å². The van der Waals surface area contributed by atoms with Crippen LogP contribution >= 0.6 is 11.3 Å². The smallest absolute Gasteiger partial charge is 0.376 e. The van der Waals surface area contributed by atoms with Gasteiger partial charge in [0.15, 0.2) is 0 Å². The van der Waals surface area contributed by atoms with Crippen molar-refractivity contribution in [1.29, 1.82) is 0 Å². The molecule has 1 aliphatic heterocycles. The van der Waals surface area contributed by atoms with E-state index >= 15 is 0 Å². The zero-order valence-electron chi connectivity index (χ0n) is 18.5. The van der Waals surface area contributed by atoms with Crippen LogP contribution in [0.15, 0.2) is 42.2 Å². The van der Waals surface area contributed by atoms with Crippen LogP contribution in [0.25, 0.3) is 10.9 Å². The monoisotopic (exact) mass is 489 g/mol. The third-order valence-electron chi connectivity index (χ3n) is 6.85. The third-order valence-corrected chi connectivity index (χ3v) is 7.79. The number of halogens is 3. The van der Waals surface area contributed by atoms with E-state index in [0.29, 0.717) is 28.6 Å². The van der Waals surface area contributed by atoms with E-state index in [0.717, 1.165) is 25.2 Å². The lowest BCUT2D eigenvalue weighted by atomic mass is 9.83. The van der Waals surface area contributed by atoms with Gasteiger partial charge in [0.25, 0.3) is 0 Å². The van der Waals surface area contributed by atoms with Crippen LogP contribution in [-0.2, 0) is 11.0 Å². The molecule has 6 nitrogen and oxygen atoms in total. The van der Waals surface area contributed by atoms with E-state index in [1.807, 2.05) is 11.7 Å². The Morgan fingerprint density at radius 3 is 2.65 bits per heavy atom. The summed E-state index contributed by atoms with van der Waals surface area (Å²) < 4.78 is 39.3. The highest BCUT2D eigenvalue weighted by Crippen LogP contribution is 2.37. The van der Waals surface area contributed by atoms with Crippen molar-refractivity contribution in [1.82, 2.24) is 20.2 Å². The number of benzene rings is 1. The van der Waals surface area contributed by atoms with E-state index in [2.05, 4.69) is 25.5 Å². The molecule has 1 aliphatic carbocycles. The number of nitrogens with one attached hydrogen (secondary N) is 2. The second kappa shape index (κ2) is 9.50. The maximum atomic E-state index is 13.1. The van der Waals surface area contributed by atoms with Crippen LogP contribution in [0.2, 0.25) is 0 Å². The Balaban J connectivity index is 1.09. The molecule has 0 radical (unpaired) electrons. The maximum absolute atomic E-state index is 13.1. The van der Waals surface area contributed by atoms with Crippen molar-refractivity contribution < 1.29 is 18.0 Å². The molecule has 180 valence electrons. The van der Waals surface area contributed by atoms with E-state index < -0.39 is 11.7 Å². The highest BCUT2D eigenvalue weighted by atomic mass is 32.1. The van der Waals surface area contributed by atoms with Gasteiger partial charge < -0.3 is 10.6 Å². The Hall–Kier alpha value is -2.72. The largest absolute Gasteiger partial charge is 0.416 e. The number of rotatable bonds is 6. The first-order chi connectivity index (χ1) is 16.4. The quantitative estimate of drug-likeness (QED) is 0.528. The highest BCUT2D eigenvalue weighted by molar-refractivity contribution is 7.09. The number of carbonyl (C=O) groups is 1. The lowest BCUT2D eigenvalue weighted by Crippen LogP contribution is -2.62. The summed E-state index contributed by atoms with van der Waals surface area (Å²) in [6.45, 7) is 1.68. The van der Waals surface area contributed by atoms with Crippen molar-refractivity contribution in [2.75, 3.05) is 25.0 Å². The predicted molar refractivity (Wildman–Crippen MR) is 126 cm³/mol. The average Bonchev–Trinajstić information content (AvgIpc) is 3.34. The maximum Gasteiger partial charge on any atom is 0.416 e. The molecular formula is C24H26F3N5OS. The van der Waals surface area contributed by atoms with Gasteiger partial charge in [0.2, 0.25) is 5.91 Å². The van der Waals surface area contributed by atoms with Crippen molar-refractivity contribution in [3.63, 3.8) is 0 Å². The number of aromatic nitrogens is 2. The second-order valence-electron chi connectivity index (χ2n) is 9.07. The van der Waals surface area contributed by atoms with Crippen LogP contribution in [0, 0.1) is 0 Å². The van der Waals surface area contributed by atoms with Crippen molar-refractivity contribution in [3.05, 3.63) is 52.6 Å². The lowest BCUT2D eigenvalue weighted by Gasteiger charge is -2.46. The molecular weight excluding hydrogens is 463 g/mol. The summed E-state index contributed by atoms with van der Waals surface area (Å²) in [5, 5.41) is 6.34. The molecule has 2 fully saturated rings. The van der Waals surface area contributed by atoms with Gasteiger partial charge in [-0.3, -0.25) is 19.7 Å². The molecule has 1 amide bonds. The topological polar surface area (TPSA) is 70.2 Å². The fourth-order valence-corrected chi connectivity index (χ4v) is 5.78. The molecule has 3 heterocycles. The molecule has 0 spiro atoms. The summed E-state index contributed by atoms with van der Waals surface area (Å²) in [4.78, 5) is 24.6. The van der Waals surface area contributed by atoms with E-state index in [-0.39, 0.29) is 18.5 Å². The molecule has 2 N–H and O–H groups in total. The van der Waals surface area contributed by atoms with E-state index in [1.54, 1.807) is 17.4 Å². The van der Waals surface area contributed by atoms with Crippen LogP contribution in [-0.4, -0.2) is 52.5 Å². The van der Waals surface area contributed by atoms with Crippen molar-refractivity contribution >= 4 is 33.8 Å². The van der Waals surface area contributed by atoms with Gasteiger partial charge >= 0.3 is 6.18 Å². The number of thiazole rings is 1. The van der Waals surface area contributed by atoms with Crippen molar-refractivity contribution in [2.45, 2.75) is 49.9 Å². The van der Waals surface area contributed by atoms with E-state index in [9.17, 15) is 18.0 Å². The molecule has 2 aromatic heterocycles. The van der Waals surface area contributed by atoms with Crippen molar-refractivity contribution in [2.24, 2.45) is 0 Å². The molecule has 0 atom stereocenters. The highest BCUT2D eigenvalue weighted by Gasteiger charge is 2.35. The van der Waals surface area contributed by atoms with Crippen LogP contribution in [0.5, 0.6) is 0 Å². The number of fused-ring (bicyclic) bond motifs is 1. The normalized spacial score (nSPS) is 21.9. The van der Waals surface area contributed by atoms with Gasteiger partial charge in [0.05, 0.1) is 29.2 Å². The fourth-order valence-electron chi connectivity index (χ4n) is 4.99. The molecule has 1 saturated heterocycles. The Kier molecular flexibility index (Phi) is 6.44. The second-order valence-corrected chi connectivity index (χ2v) is 9.99. The van der Waals surface area contributed by atoms with Crippen LogP contribution < -0.4 is 10.6 Å². The summed E-state index contributed by atoms with van der Waals surface area (Å²) >= 11 is 1.74. The SMILES string of the molecule is O=C(CNc1ccnc2ccc(C(F)(F)F)cc12)NC1CN(C2CCC(c3cncs3)CC2)C1. The number of amides is 1. The number of likely N-dealkylation sites (tertiary alicyclic amines) is 1. The minimum Gasteiger partial charge on any atom is -0.376 e. The minimum absolute atomic E-state index is 0.00812. The predicted octanol–water partition coefficient (Wildman–Crippen LogP) is 4.65. The van der Waals surface area contributed by atoms with Gasteiger partial charge in [0, 0.05) is 47.5 Å². The zero-order valence-corrected chi connectivity index (χ0v) is 19.3. The summed E-state index contributed by atoms with van der Waals surface area (Å²) in [7, 11) is 0. The number of hydrogen-bond acceptors (Lipinski definition) is 6. The average molecular weight is 490 g/mol.